The molecule has 0 aliphatic rings. The largest absolute Gasteiger partial charge is 0.492 e. The number of amides is 1. The van der Waals surface area contributed by atoms with Crippen LogP contribution in [0.25, 0.3) is 0 Å². The first kappa shape index (κ1) is 17.3. The lowest BCUT2D eigenvalue weighted by Crippen LogP contribution is -2.36. The van der Waals surface area contributed by atoms with Crippen LogP contribution in [0.5, 0.6) is 5.75 Å². The Labute approximate surface area is 141 Å². The second-order valence-electron chi connectivity index (χ2n) is 5.03. The van der Waals surface area contributed by atoms with E-state index in [4.69, 9.17) is 21.1 Å². The van der Waals surface area contributed by atoms with Crippen molar-refractivity contribution in [1.29, 1.82) is 0 Å². The summed E-state index contributed by atoms with van der Waals surface area (Å²) in [4.78, 5) is 11.9. The Kier molecular flexibility index (Phi) is 6.91. The van der Waals surface area contributed by atoms with Crippen LogP contribution >= 0.6 is 11.6 Å². The van der Waals surface area contributed by atoms with E-state index in [0.717, 1.165) is 11.3 Å². The van der Waals surface area contributed by atoms with Gasteiger partial charge in [-0.05, 0) is 36.8 Å². The fraction of sp³-hybridized carbons (Fsp3) is 0.278. The zero-order valence-corrected chi connectivity index (χ0v) is 13.8. The maximum Gasteiger partial charge on any atom is 0.248 e. The van der Waals surface area contributed by atoms with Gasteiger partial charge in [0, 0.05) is 5.02 Å². The van der Waals surface area contributed by atoms with E-state index in [1.165, 1.54) is 0 Å². The summed E-state index contributed by atoms with van der Waals surface area (Å²) in [6.07, 6.45) is -0.509. The van der Waals surface area contributed by atoms with Gasteiger partial charge >= 0.3 is 0 Å². The summed E-state index contributed by atoms with van der Waals surface area (Å²) >= 11 is 5.80. The van der Waals surface area contributed by atoms with E-state index >= 15 is 0 Å². The van der Waals surface area contributed by atoms with Crippen molar-refractivity contribution < 1.29 is 14.3 Å². The van der Waals surface area contributed by atoms with E-state index in [9.17, 15) is 4.79 Å². The van der Waals surface area contributed by atoms with Gasteiger partial charge in [0.1, 0.15) is 18.5 Å². The third kappa shape index (κ3) is 6.30. The highest BCUT2D eigenvalue weighted by Crippen LogP contribution is 2.15. The Bertz CT molecular complexity index is 601. The van der Waals surface area contributed by atoms with Crippen molar-refractivity contribution in [2.45, 2.75) is 19.6 Å². The molecule has 2 aromatic rings. The maximum absolute atomic E-state index is 11.9. The minimum absolute atomic E-state index is 0.152. The van der Waals surface area contributed by atoms with Gasteiger partial charge in [-0.1, -0.05) is 41.9 Å². The molecular formula is C18H20ClNO3. The van der Waals surface area contributed by atoms with E-state index in [2.05, 4.69) is 5.32 Å². The lowest BCUT2D eigenvalue weighted by Gasteiger charge is -2.14. The number of carbonyl (C=O) groups excluding carboxylic acids is 1. The third-order valence-electron chi connectivity index (χ3n) is 3.20. The van der Waals surface area contributed by atoms with Gasteiger partial charge in [-0.25, -0.2) is 0 Å². The van der Waals surface area contributed by atoms with Crippen molar-refractivity contribution in [3.05, 3.63) is 65.2 Å². The molecule has 0 aromatic heterocycles. The molecule has 0 saturated heterocycles. The van der Waals surface area contributed by atoms with Gasteiger partial charge in [0.2, 0.25) is 5.91 Å². The summed E-state index contributed by atoms with van der Waals surface area (Å²) in [5.74, 6) is 0.567. The molecule has 0 saturated carbocycles. The Morgan fingerprint density at radius 2 is 1.83 bits per heavy atom. The minimum Gasteiger partial charge on any atom is -0.492 e. The molecule has 2 aromatic carbocycles. The SMILES string of the molecule is C[C@H](OCc1ccccc1)C(=O)NCCOc1ccc(Cl)cc1. The highest BCUT2D eigenvalue weighted by atomic mass is 35.5. The molecule has 0 aliphatic carbocycles. The molecule has 1 amide bonds. The molecule has 1 atom stereocenters. The van der Waals surface area contributed by atoms with Crippen LogP contribution in [0, 0.1) is 0 Å². The minimum atomic E-state index is -0.509. The van der Waals surface area contributed by atoms with Crippen molar-refractivity contribution in [2.75, 3.05) is 13.2 Å². The Balaban J connectivity index is 1.63. The average Bonchev–Trinajstić information content (AvgIpc) is 2.59. The molecule has 5 heteroatoms. The molecule has 23 heavy (non-hydrogen) atoms. The van der Waals surface area contributed by atoms with Gasteiger partial charge in [0.05, 0.1) is 13.2 Å². The van der Waals surface area contributed by atoms with Crippen LogP contribution in [0.4, 0.5) is 0 Å². The monoisotopic (exact) mass is 333 g/mol. The van der Waals surface area contributed by atoms with Crippen molar-refractivity contribution in [1.82, 2.24) is 5.32 Å². The number of hydrogen-bond acceptors (Lipinski definition) is 3. The molecule has 2 rings (SSSR count). The molecule has 0 heterocycles. The van der Waals surface area contributed by atoms with Crippen LogP contribution in [0.15, 0.2) is 54.6 Å². The third-order valence-corrected chi connectivity index (χ3v) is 3.45. The van der Waals surface area contributed by atoms with Gasteiger partial charge < -0.3 is 14.8 Å². The molecule has 0 bridgehead atoms. The van der Waals surface area contributed by atoms with Gasteiger partial charge in [0.25, 0.3) is 0 Å². The summed E-state index contributed by atoms with van der Waals surface area (Å²) in [7, 11) is 0. The van der Waals surface area contributed by atoms with Crippen LogP contribution < -0.4 is 10.1 Å². The fourth-order valence-corrected chi connectivity index (χ4v) is 2.01. The molecule has 0 radical (unpaired) electrons. The van der Waals surface area contributed by atoms with Crippen molar-refractivity contribution in [3.63, 3.8) is 0 Å². The number of rotatable bonds is 8. The zero-order valence-electron chi connectivity index (χ0n) is 13.0. The molecule has 4 nitrogen and oxygen atoms in total. The van der Waals surface area contributed by atoms with Crippen LogP contribution in [0.2, 0.25) is 5.02 Å². The highest BCUT2D eigenvalue weighted by Gasteiger charge is 2.12. The lowest BCUT2D eigenvalue weighted by molar-refractivity contribution is -0.132. The van der Waals surface area contributed by atoms with Crippen molar-refractivity contribution in [2.24, 2.45) is 0 Å². The lowest BCUT2D eigenvalue weighted by atomic mass is 10.2. The molecule has 122 valence electrons. The zero-order chi connectivity index (χ0) is 16.5. The van der Waals surface area contributed by atoms with E-state index in [0.29, 0.717) is 24.8 Å². The second-order valence-corrected chi connectivity index (χ2v) is 5.47. The Hall–Kier alpha value is -2.04. The molecule has 0 unspecified atom stereocenters. The van der Waals surface area contributed by atoms with Gasteiger partial charge in [-0.15, -0.1) is 0 Å². The summed E-state index contributed by atoms with van der Waals surface area (Å²) in [5.41, 5.74) is 1.04. The predicted octanol–water partition coefficient (Wildman–Crippen LogP) is 3.44. The predicted molar refractivity (Wildman–Crippen MR) is 90.6 cm³/mol. The fourth-order valence-electron chi connectivity index (χ4n) is 1.89. The Morgan fingerprint density at radius 1 is 1.13 bits per heavy atom. The number of halogens is 1. The number of carbonyl (C=O) groups is 1. The van der Waals surface area contributed by atoms with Crippen LogP contribution in [-0.2, 0) is 16.1 Å². The molecular weight excluding hydrogens is 314 g/mol. The normalized spacial score (nSPS) is 11.7. The number of ether oxygens (including phenoxy) is 2. The van der Waals surface area contributed by atoms with Crippen LogP contribution in [0.3, 0.4) is 0 Å². The molecule has 0 spiro atoms. The van der Waals surface area contributed by atoms with Gasteiger partial charge in [-0.3, -0.25) is 4.79 Å². The molecule has 0 aliphatic heterocycles. The summed E-state index contributed by atoms with van der Waals surface area (Å²) in [6, 6.07) is 16.8. The van der Waals surface area contributed by atoms with E-state index in [1.807, 2.05) is 30.3 Å². The topological polar surface area (TPSA) is 47.6 Å². The number of nitrogens with one attached hydrogen (secondary N) is 1. The first-order valence-corrected chi connectivity index (χ1v) is 7.84. The van der Waals surface area contributed by atoms with Crippen molar-refractivity contribution in [3.8, 4) is 5.75 Å². The van der Waals surface area contributed by atoms with Gasteiger partial charge in [-0.2, -0.15) is 0 Å². The molecule has 0 fully saturated rings. The quantitative estimate of drug-likeness (QED) is 0.753. The van der Waals surface area contributed by atoms with E-state index in [1.54, 1.807) is 31.2 Å². The summed E-state index contributed by atoms with van der Waals surface area (Å²) in [6.45, 7) is 2.95. The number of benzene rings is 2. The number of hydrogen-bond donors (Lipinski definition) is 1. The highest BCUT2D eigenvalue weighted by molar-refractivity contribution is 6.30. The summed E-state index contributed by atoms with van der Waals surface area (Å²) in [5, 5.41) is 3.45. The first-order chi connectivity index (χ1) is 11.1. The van der Waals surface area contributed by atoms with Crippen LogP contribution in [0.1, 0.15) is 12.5 Å². The van der Waals surface area contributed by atoms with E-state index < -0.39 is 6.10 Å². The smallest absolute Gasteiger partial charge is 0.248 e. The van der Waals surface area contributed by atoms with Gasteiger partial charge in [0.15, 0.2) is 0 Å². The summed E-state index contributed by atoms with van der Waals surface area (Å²) < 4.78 is 11.1. The second kappa shape index (κ2) is 9.18. The maximum atomic E-state index is 11.9. The first-order valence-electron chi connectivity index (χ1n) is 7.47. The van der Waals surface area contributed by atoms with E-state index in [-0.39, 0.29) is 5.91 Å². The molecule has 1 N–H and O–H groups in total. The van der Waals surface area contributed by atoms with Crippen LogP contribution in [-0.4, -0.2) is 25.2 Å². The Morgan fingerprint density at radius 3 is 2.52 bits per heavy atom. The van der Waals surface area contributed by atoms with Crippen molar-refractivity contribution >= 4 is 17.5 Å². The standard InChI is InChI=1S/C18H20ClNO3/c1-14(23-13-15-5-3-2-4-6-15)18(21)20-11-12-22-17-9-7-16(19)8-10-17/h2-10,14H,11-13H2,1H3,(H,20,21)/t14-/m0/s1. The average molecular weight is 334 g/mol.